The number of hydrogen-bond donors (Lipinski definition) is 1. The number of sulfonamides is 1. The average Bonchev–Trinajstić information content (AvgIpc) is 2.64. The Morgan fingerprint density at radius 3 is 2.64 bits per heavy atom. The molecule has 11 heteroatoms. The molecular formula is C17H26N4O6S. The minimum atomic E-state index is -3.80. The Labute approximate surface area is 164 Å². The Morgan fingerprint density at radius 1 is 1.36 bits per heavy atom. The third kappa shape index (κ3) is 6.43. The topological polar surface area (TPSA) is 122 Å². The quantitative estimate of drug-likeness (QED) is 0.355. The number of nitro groups is 1. The molecule has 0 atom stereocenters. The van der Waals surface area contributed by atoms with Crippen LogP contribution in [0.1, 0.15) is 12.0 Å². The molecule has 0 aromatic heterocycles. The molecule has 0 aliphatic carbocycles. The van der Waals surface area contributed by atoms with E-state index in [0.717, 1.165) is 36.6 Å². The van der Waals surface area contributed by atoms with E-state index in [1.54, 1.807) is 6.92 Å². The van der Waals surface area contributed by atoms with Gasteiger partial charge in [0.1, 0.15) is 6.54 Å². The van der Waals surface area contributed by atoms with Crippen LogP contribution in [-0.4, -0.2) is 76.3 Å². The maximum absolute atomic E-state index is 12.3. The zero-order valence-electron chi connectivity index (χ0n) is 16.1. The summed E-state index contributed by atoms with van der Waals surface area (Å²) in [5.74, 6) is -0.460. The van der Waals surface area contributed by atoms with Gasteiger partial charge in [0.15, 0.2) is 0 Å². The molecule has 0 spiro atoms. The maximum Gasteiger partial charge on any atom is 0.271 e. The fourth-order valence-electron chi connectivity index (χ4n) is 2.90. The van der Waals surface area contributed by atoms with E-state index in [2.05, 4.69) is 10.2 Å². The summed E-state index contributed by atoms with van der Waals surface area (Å²) in [4.78, 5) is 24.9. The number of rotatable bonds is 9. The molecule has 1 amide bonds. The zero-order valence-corrected chi connectivity index (χ0v) is 16.9. The highest BCUT2D eigenvalue weighted by Crippen LogP contribution is 2.27. The van der Waals surface area contributed by atoms with Crippen molar-refractivity contribution in [2.24, 2.45) is 0 Å². The lowest BCUT2D eigenvalue weighted by Crippen LogP contribution is -2.42. The number of hydrogen-bond acceptors (Lipinski definition) is 7. The lowest BCUT2D eigenvalue weighted by molar-refractivity contribution is -0.384. The molecule has 1 aliphatic rings. The van der Waals surface area contributed by atoms with Crippen LogP contribution in [0.15, 0.2) is 18.2 Å². The van der Waals surface area contributed by atoms with Crippen molar-refractivity contribution in [3.05, 3.63) is 33.9 Å². The third-order valence-corrected chi connectivity index (χ3v) is 5.56. The third-order valence-electron chi connectivity index (χ3n) is 4.44. The summed E-state index contributed by atoms with van der Waals surface area (Å²) >= 11 is 0. The van der Waals surface area contributed by atoms with E-state index in [-0.39, 0.29) is 11.4 Å². The fraction of sp³-hybridized carbons (Fsp3) is 0.588. The lowest BCUT2D eigenvalue weighted by atomic mass is 10.2. The number of benzene rings is 1. The van der Waals surface area contributed by atoms with Gasteiger partial charge < -0.3 is 10.1 Å². The van der Waals surface area contributed by atoms with Crippen LogP contribution in [0.4, 0.5) is 11.4 Å². The molecule has 1 aromatic rings. The molecule has 1 N–H and O–H groups in total. The summed E-state index contributed by atoms with van der Waals surface area (Å²) in [6.07, 6.45) is 1.71. The first-order valence-electron chi connectivity index (χ1n) is 8.98. The SMILES string of the molecule is Cc1ccc([N+](=O)[O-])cc1N(CC(=O)NCCCN1CCOCC1)S(C)(=O)=O. The summed E-state index contributed by atoms with van der Waals surface area (Å²) in [5, 5.41) is 13.7. The van der Waals surface area contributed by atoms with Crippen molar-refractivity contribution in [3.63, 3.8) is 0 Å². The molecule has 0 radical (unpaired) electrons. The number of nitrogens with zero attached hydrogens (tertiary/aromatic N) is 3. The Balaban J connectivity index is 1.97. The molecule has 2 rings (SSSR count). The van der Waals surface area contributed by atoms with Gasteiger partial charge in [-0.2, -0.15) is 0 Å². The van der Waals surface area contributed by atoms with Gasteiger partial charge in [-0.25, -0.2) is 8.42 Å². The van der Waals surface area contributed by atoms with Gasteiger partial charge in [0.2, 0.25) is 15.9 Å². The predicted octanol–water partition coefficient (Wildman–Crippen LogP) is 0.508. The predicted molar refractivity (Wildman–Crippen MR) is 105 cm³/mol. The number of anilines is 1. The van der Waals surface area contributed by atoms with Crippen LogP contribution in [0.5, 0.6) is 0 Å². The molecule has 1 aliphatic heterocycles. The van der Waals surface area contributed by atoms with E-state index in [0.29, 0.717) is 25.3 Å². The minimum absolute atomic E-state index is 0.125. The molecule has 1 saturated heterocycles. The summed E-state index contributed by atoms with van der Waals surface area (Å²) in [6.45, 7) is 5.58. The standard InChI is InChI=1S/C17H26N4O6S/c1-14-4-5-15(21(23)24)12-16(14)20(28(2,25)26)13-17(22)18-6-3-7-19-8-10-27-11-9-19/h4-5,12H,3,6-11,13H2,1-2H3,(H,18,22). The number of aryl methyl sites for hydroxylation is 1. The van der Waals surface area contributed by atoms with Gasteiger partial charge in [0.05, 0.1) is 30.1 Å². The number of nitrogens with one attached hydrogen (secondary N) is 1. The van der Waals surface area contributed by atoms with Gasteiger partial charge in [-0.1, -0.05) is 6.07 Å². The van der Waals surface area contributed by atoms with Gasteiger partial charge in [-0.05, 0) is 25.5 Å². The molecule has 0 bridgehead atoms. The molecule has 1 fully saturated rings. The molecule has 0 unspecified atom stereocenters. The smallest absolute Gasteiger partial charge is 0.271 e. The van der Waals surface area contributed by atoms with Crippen LogP contribution < -0.4 is 9.62 Å². The minimum Gasteiger partial charge on any atom is -0.379 e. The van der Waals surface area contributed by atoms with Crippen LogP contribution in [0, 0.1) is 17.0 Å². The molecule has 1 heterocycles. The number of amides is 1. The largest absolute Gasteiger partial charge is 0.379 e. The average molecular weight is 414 g/mol. The molecule has 1 aromatic carbocycles. The van der Waals surface area contributed by atoms with Crippen molar-refractivity contribution in [1.29, 1.82) is 0 Å². The van der Waals surface area contributed by atoms with Crippen LogP contribution >= 0.6 is 0 Å². The van der Waals surface area contributed by atoms with Crippen LogP contribution in [-0.2, 0) is 19.6 Å². The Hall–Kier alpha value is -2.24. The van der Waals surface area contributed by atoms with Gasteiger partial charge in [-0.15, -0.1) is 0 Å². The van der Waals surface area contributed by atoms with Crippen LogP contribution in [0.3, 0.4) is 0 Å². The Morgan fingerprint density at radius 2 is 2.04 bits per heavy atom. The maximum atomic E-state index is 12.3. The number of non-ortho nitro benzene ring substituents is 1. The van der Waals surface area contributed by atoms with E-state index in [4.69, 9.17) is 4.74 Å². The Bertz CT molecular complexity index is 808. The molecular weight excluding hydrogens is 388 g/mol. The molecule has 28 heavy (non-hydrogen) atoms. The van der Waals surface area contributed by atoms with E-state index in [1.807, 2.05) is 0 Å². The number of carbonyl (C=O) groups excluding carboxylic acids is 1. The monoisotopic (exact) mass is 414 g/mol. The molecule has 156 valence electrons. The number of morpholine rings is 1. The van der Waals surface area contributed by atoms with Crippen molar-refractivity contribution in [3.8, 4) is 0 Å². The first-order chi connectivity index (χ1) is 13.2. The molecule has 0 saturated carbocycles. The number of nitro benzene ring substituents is 1. The van der Waals surface area contributed by atoms with Gasteiger partial charge >= 0.3 is 0 Å². The van der Waals surface area contributed by atoms with Crippen LogP contribution in [0.25, 0.3) is 0 Å². The van der Waals surface area contributed by atoms with Gasteiger partial charge in [-0.3, -0.25) is 24.1 Å². The summed E-state index contributed by atoms with van der Waals surface area (Å²) in [7, 11) is -3.80. The second-order valence-electron chi connectivity index (χ2n) is 6.66. The fourth-order valence-corrected chi connectivity index (χ4v) is 3.81. The van der Waals surface area contributed by atoms with Crippen molar-refractivity contribution in [1.82, 2.24) is 10.2 Å². The van der Waals surface area contributed by atoms with Crippen molar-refractivity contribution in [2.75, 3.05) is 56.5 Å². The second-order valence-corrected chi connectivity index (χ2v) is 8.56. The highest BCUT2D eigenvalue weighted by Gasteiger charge is 2.24. The Kier molecular flexibility index (Phi) is 7.72. The lowest BCUT2D eigenvalue weighted by Gasteiger charge is -2.26. The van der Waals surface area contributed by atoms with Crippen molar-refractivity contribution >= 4 is 27.3 Å². The van der Waals surface area contributed by atoms with E-state index < -0.39 is 27.4 Å². The second kappa shape index (κ2) is 9.80. The first-order valence-corrected chi connectivity index (χ1v) is 10.8. The zero-order chi connectivity index (χ0) is 20.7. The first kappa shape index (κ1) is 22.1. The summed E-state index contributed by atoms with van der Waals surface area (Å²) in [5.41, 5.74) is 0.413. The van der Waals surface area contributed by atoms with E-state index in [9.17, 15) is 23.3 Å². The summed E-state index contributed by atoms with van der Waals surface area (Å²) < 4.78 is 30.6. The van der Waals surface area contributed by atoms with Crippen molar-refractivity contribution in [2.45, 2.75) is 13.3 Å². The summed E-state index contributed by atoms with van der Waals surface area (Å²) in [6, 6.07) is 3.93. The van der Waals surface area contributed by atoms with Gasteiger partial charge in [0.25, 0.3) is 5.69 Å². The number of ether oxygens (including phenoxy) is 1. The van der Waals surface area contributed by atoms with Crippen LogP contribution in [0.2, 0.25) is 0 Å². The van der Waals surface area contributed by atoms with Crippen molar-refractivity contribution < 1.29 is 22.9 Å². The van der Waals surface area contributed by atoms with E-state index >= 15 is 0 Å². The normalized spacial score (nSPS) is 15.2. The number of carbonyl (C=O) groups is 1. The van der Waals surface area contributed by atoms with E-state index in [1.165, 1.54) is 18.2 Å². The van der Waals surface area contributed by atoms with Gasteiger partial charge in [0, 0.05) is 31.8 Å². The highest BCUT2D eigenvalue weighted by atomic mass is 32.2. The molecule has 10 nitrogen and oxygen atoms in total. The highest BCUT2D eigenvalue weighted by molar-refractivity contribution is 7.92.